The van der Waals surface area contributed by atoms with Gasteiger partial charge in [-0.3, -0.25) is 4.79 Å². The van der Waals surface area contributed by atoms with E-state index in [1.54, 1.807) is 0 Å². The van der Waals surface area contributed by atoms with Crippen molar-refractivity contribution in [1.82, 2.24) is 9.97 Å². The molecule has 2 heterocycles. The molecule has 0 saturated carbocycles. The summed E-state index contributed by atoms with van der Waals surface area (Å²) < 4.78 is 49.4. The van der Waals surface area contributed by atoms with Crippen LogP contribution in [0.2, 0.25) is 0 Å². The molecule has 2 aromatic heterocycles. The molecule has 0 aliphatic carbocycles. The lowest BCUT2D eigenvalue weighted by Crippen LogP contribution is -2.13. The van der Waals surface area contributed by atoms with Gasteiger partial charge in [-0.15, -0.1) is 0 Å². The molecule has 0 bridgehead atoms. The summed E-state index contributed by atoms with van der Waals surface area (Å²) in [4.78, 5) is 18.2. The maximum absolute atomic E-state index is 12.6. The minimum atomic E-state index is -4.54. The van der Waals surface area contributed by atoms with Crippen molar-refractivity contribution in [2.24, 2.45) is 0 Å². The SMILES string of the molecule is O=C(Nc1ccc(C(F)(F)F)nc1)c1ccc(F)nc1. The summed E-state index contributed by atoms with van der Waals surface area (Å²) in [5.41, 5.74) is -0.891. The Labute approximate surface area is 110 Å². The Morgan fingerprint density at radius 3 is 2.30 bits per heavy atom. The van der Waals surface area contributed by atoms with Crippen LogP contribution < -0.4 is 5.32 Å². The van der Waals surface area contributed by atoms with Crippen LogP contribution in [0.4, 0.5) is 23.2 Å². The summed E-state index contributed by atoms with van der Waals surface area (Å²) in [5.74, 6) is -1.36. The zero-order valence-electron chi connectivity index (χ0n) is 9.78. The Balaban J connectivity index is 2.10. The van der Waals surface area contributed by atoms with E-state index in [9.17, 15) is 22.4 Å². The van der Waals surface area contributed by atoms with Crippen LogP contribution >= 0.6 is 0 Å². The van der Waals surface area contributed by atoms with Crippen LogP contribution in [0, 0.1) is 5.95 Å². The van der Waals surface area contributed by atoms with Crippen molar-refractivity contribution in [2.45, 2.75) is 6.18 Å². The van der Waals surface area contributed by atoms with Crippen molar-refractivity contribution in [3.8, 4) is 0 Å². The van der Waals surface area contributed by atoms with Crippen molar-refractivity contribution in [3.05, 3.63) is 53.9 Å². The van der Waals surface area contributed by atoms with Gasteiger partial charge in [0.25, 0.3) is 5.91 Å². The average Bonchev–Trinajstić information content (AvgIpc) is 2.39. The summed E-state index contributed by atoms with van der Waals surface area (Å²) in [7, 11) is 0. The van der Waals surface area contributed by atoms with Gasteiger partial charge in [0.1, 0.15) is 5.69 Å². The molecule has 0 atom stereocenters. The van der Waals surface area contributed by atoms with Gasteiger partial charge < -0.3 is 5.32 Å². The predicted molar refractivity (Wildman–Crippen MR) is 61.4 cm³/mol. The Hall–Kier alpha value is -2.51. The highest BCUT2D eigenvalue weighted by molar-refractivity contribution is 6.03. The molecule has 4 nitrogen and oxygen atoms in total. The van der Waals surface area contributed by atoms with Gasteiger partial charge in [-0.2, -0.15) is 17.6 Å². The van der Waals surface area contributed by atoms with E-state index in [1.807, 2.05) is 0 Å². The molecule has 8 heteroatoms. The summed E-state index contributed by atoms with van der Waals surface area (Å²) in [6.07, 6.45) is -2.64. The number of alkyl halides is 3. The third kappa shape index (κ3) is 3.28. The van der Waals surface area contributed by atoms with Crippen LogP contribution in [0.15, 0.2) is 36.7 Å². The standard InChI is InChI=1S/C12H7F4N3O/c13-10-4-1-7(5-18-10)11(20)19-8-2-3-9(17-6-8)12(14,15)16/h1-6H,(H,19,20). The molecule has 0 spiro atoms. The zero-order chi connectivity index (χ0) is 14.8. The molecule has 0 radical (unpaired) electrons. The lowest BCUT2D eigenvalue weighted by atomic mass is 10.2. The van der Waals surface area contributed by atoms with Crippen molar-refractivity contribution >= 4 is 11.6 Å². The Kier molecular flexibility index (Phi) is 3.64. The minimum absolute atomic E-state index is 0.0753. The maximum atomic E-state index is 12.6. The van der Waals surface area contributed by atoms with Crippen molar-refractivity contribution in [2.75, 3.05) is 5.32 Å². The fourth-order valence-electron chi connectivity index (χ4n) is 1.35. The minimum Gasteiger partial charge on any atom is -0.321 e. The highest BCUT2D eigenvalue weighted by Gasteiger charge is 2.32. The molecule has 0 unspecified atom stereocenters. The number of nitrogens with zero attached hydrogens (tertiary/aromatic N) is 2. The first-order chi connectivity index (χ1) is 9.36. The summed E-state index contributed by atoms with van der Waals surface area (Å²) in [6, 6.07) is 4.03. The van der Waals surface area contributed by atoms with Gasteiger partial charge in [0.15, 0.2) is 0 Å². The predicted octanol–water partition coefficient (Wildman–Crippen LogP) is 2.89. The first-order valence-corrected chi connectivity index (χ1v) is 5.32. The van der Waals surface area contributed by atoms with Crippen LogP contribution in [0.1, 0.15) is 16.1 Å². The van der Waals surface area contributed by atoms with Crippen LogP contribution in [0.25, 0.3) is 0 Å². The second kappa shape index (κ2) is 5.24. The topological polar surface area (TPSA) is 54.9 Å². The molecule has 2 aromatic rings. The molecule has 0 saturated heterocycles. The molecule has 0 aromatic carbocycles. The molecule has 20 heavy (non-hydrogen) atoms. The summed E-state index contributed by atoms with van der Waals surface area (Å²) in [6.45, 7) is 0. The van der Waals surface area contributed by atoms with E-state index in [-0.39, 0.29) is 11.3 Å². The Bertz CT molecular complexity index is 608. The highest BCUT2D eigenvalue weighted by atomic mass is 19.4. The number of aromatic nitrogens is 2. The van der Waals surface area contributed by atoms with Gasteiger partial charge >= 0.3 is 6.18 Å². The normalized spacial score (nSPS) is 11.2. The van der Waals surface area contributed by atoms with Crippen molar-refractivity contribution in [3.63, 3.8) is 0 Å². The third-order valence-corrected chi connectivity index (χ3v) is 2.30. The van der Waals surface area contributed by atoms with Crippen LogP contribution in [0.3, 0.4) is 0 Å². The molecule has 0 aliphatic rings. The van der Waals surface area contributed by atoms with E-state index in [4.69, 9.17) is 0 Å². The van der Waals surface area contributed by atoms with Gasteiger partial charge in [-0.25, -0.2) is 9.97 Å². The fourth-order valence-corrected chi connectivity index (χ4v) is 1.35. The molecular formula is C12H7F4N3O. The third-order valence-electron chi connectivity index (χ3n) is 2.30. The number of carbonyl (C=O) groups is 1. The van der Waals surface area contributed by atoms with Gasteiger partial charge in [0, 0.05) is 6.20 Å². The van der Waals surface area contributed by atoms with Crippen LogP contribution in [0.5, 0.6) is 0 Å². The summed E-state index contributed by atoms with van der Waals surface area (Å²) >= 11 is 0. The molecule has 0 fully saturated rings. The number of anilines is 1. The smallest absolute Gasteiger partial charge is 0.321 e. The lowest BCUT2D eigenvalue weighted by Gasteiger charge is -2.07. The van der Waals surface area contributed by atoms with E-state index in [2.05, 4.69) is 15.3 Å². The maximum Gasteiger partial charge on any atom is 0.433 e. The number of hydrogen-bond acceptors (Lipinski definition) is 3. The number of nitrogens with one attached hydrogen (secondary N) is 1. The average molecular weight is 285 g/mol. The molecule has 104 valence electrons. The van der Waals surface area contributed by atoms with E-state index < -0.39 is 23.7 Å². The number of carbonyl (C=O) groups excluding carboxylic acids is 1. The first-order valence-electron chi connectivity index (χ1n) is 5.32. The Morgan fingerprint density at radius 2 is 1.80 bits per heavy atom. The highest BCUT2D eigenvalue weighted by Crippen LogP contribution is 2.27. The number of halogens is 4. The van der Waals surface area contributed by atoms with Crippen LogP contribution in [-0.4, -0.2) is 15.9 Å². The van der Waals surface area contributed by atoms with Gasteiger partial charge in [0.05, 0.1) is 17.4 Å². The molecule has 0 aliphatic heterocycles. The zero-order valence-corrected chi connectivity index (χ0v) is 9.78. The van der Waals surface area contributed by atoms with Gasteiger partial charge in [0.2, 0.25) is 5.95 Å². The van der Waals surface area contributed by atoms with Crippen molar-refractivity contribution in [1.29, 1.82) is 0 Å². The molecule has 2 rings (SSSR count). The second-order valence-electron chi connectivity index (χ2n) is 3.75. The van der Waals surface area contributed by atoms with E-state index in [1.165, 1.54) is 6.07 Å². The Morgan fingerprint density at radius 1 is 1.05 bits per heavy atom. The van der Waals surface area contributed by atoms with E-state index in [0.29, 0.717) is 0 Å². The number of rotatable bonds is 2. The quantitative estimate of drug-likeness (QED) is 0.682. The van der Waals surface area contributed by atoms with E-state index in [0.717, 1.165) is 30.6 Å². The number of hydrogen-bond donors (Lipinski definition) is 1. The summed E-state index contributed by atoms with van der Waals surface area (Å²) in [5, 5.41) is 2.33. The monoisotopic (exact) mass is 285 g/mol. The van der Waals surface area contributed by atoms with E-state index >= 15 is 0 Å². The second-order valence-corrected chi connectivity index (χ2v) is 3.75. The fraction of sp³-hybridized carbons (Fsp3) is 0.0833. The largest absolute Gasteiger partial charge is 0.433 e. The van der Waals surface area contributed by atoms with Crippen molar-refractivity contribution < 1.29 is 22.4 Å². The lowest BCUT2D eigenvalue weighted by molar-refractivity contribution is -0.141. The number of pyridine rings is 2. The molecular weight excluding hydrogens is 278 g/mol. The molecule has 1 amide bonds. The van der Waals surface area contributed by atoms with Crippen LogP contribution in [-0.2, 0) is 6.18 Å². The van der Waals surface area contributed by atoms with Gasteiger partial charge in [-0.1, -0.05) is 0 Å². The first kappa shape index (κ1) is 13.9. The molecule has 1 N–H and O–H groups in total. The van der Waals surface area contributed by atoms with Gasteiger partial charge in [-0.05, 0) is 24.3 Å². The number of amides is 1.